The molecule has 0 atom stereocenters. The number of carbonyl (C=O) groups excluding carboxylic acids is 1. The molecule has 1 fully saturated rings. The van der Waals surface area contributed by atoms with Gasteiger partial charge in [0, 0.05) is 22.9 Å². The summed E-state index contributed by atoms with van der Waals surface area (Å²) in [4.78, 5) is 11.8. The molecule has 0 spiro atoms. The van der Waals surface area contributed by atoms with Crippen molar-refractivity contribution >= 4 is 23.3 Å². The molecule has 1 amide bonds. The van der Waals surface area contributed by atoms with Crippen molar-refractivity contribution in [2.45, 2.75) is 43.9 Å². The van der Waals surface area contributed by atoms with E-state index in [4.69, 9.17) is 21.4 Å². The smallest absolute Gasteiger partial charge is 0.227 e. The lowest BCUT2D eigenvalue weighted by molar-refractivity contribution is -0.116. The van der Waals surface area contributed by atoms with Crippen molar-refractivity contribution in [3.63, 3.8) is 0 Å². The number of anilines is 1. The molecule has 0 radical (unpaired) electrons. The van der Waals surface area contributed by atoms with Gasteiger partial charge in [-0.1, -0.05) is 54.1 Å². The maximum Gasteiger partial charge on any atom is 0.227 e. The number of aryl methyl sites for hydroxylation is 1. The number of carbonyl (C=O) groups is 1. The minimum absolute atomic E-state index is 0.0437. The molecule has 1 saturated carbocycles. The summed E-state index contributed by atoms with van der Waals surface area (Å²) in [7, 11) is 0. The van der Waals surface area contributed by atoms with Crippen LogP contribution in [-0.4, -0.2) is 21.8 Å². The lowest BCUT2D eigenvalue weighted by Crippen LogP contribution is -2.47. The number of nitrogens with zero attached hydrogens (tertiary/aromatic N) is 2. The summed E-state index contributed by atoms with van der Waals surface area (Å²) in [6.07, 6.45) is 2.34. The Kier molecular flexibility index (Phi) is 4.64. The number of halogens is 1. The highest BCUT2D eigenvalue weighted by atomic mass is 35.5. The summed E-state index contributed by atoms with van der Waals surface area (Å²) in [5.74, 6) is 0.820. The summed E-state index contributed by atoms with van der Waals surface area (Å²) in [6, 6.07) is 20.2. The topological polar surface area (TPSA) is 56.2 Å². The number of hydrogen-bond acceptors (Lipinski definition) is 3. The van der Waals surface area contributed by atoms with Crippen molar-refractivity contribution < 1.29 is 9.53 Å². The molecule has 29 heavy (non-hydrogen) atoms. The van der Waals surface area contributed by atoms with Gasteiger partial charge in [0.1, 0.15) is 5.82 Å². The molecule has 0 saturated heterocycles. The van der Waals surface area contributed by atoms with Crippen LogP contribution in [0.5, 0.6) is 0 Å². The molecular weight excluding hydrogens is 386 g/mol. The standard InChI is InChI=1S/C23H22ClN3O2/c24-18-8-6-17(7-9-18)23(20-12-21-25-22(28)10-11-27(21)26-20)13-19(14-23)29-15-16-4-2-1-3-5-16/h1-9,12,19H,10-11,13-15H2,(H,25,28). The van der Waals surface area contributed by atoms with Gasteiger partial charge in [0.2, 0.25) is 5.91 Å². The van der Waals surface area contributed by atoms with Crippen LogP contribution in [0.3, 0.4) is 0 Å². The average Bonchev–Trinajstić information content (AvgIpc) is 3.12. The van der Waals surface area contributed by atoms with Crippen LogP contribution in [0.15, 0.2) is 60.7 Å². The van der Waals surface area contributed by atoms with Crippen LogP contribution in [0.1, 0.15) is 36.1 Å². The molecule has 1 aromatic heterocycles. The summed E-state index contributed by atoms with van der Waals surface area (Å²) in [5, 5.41) is 8.49. The Balaban J connectivity index is 1.40. The van der Waals surface area contributed by atoms with Gasteiger partial charge in [0.05, 0.1) is 24.9 Å². The predicted octanol–water partition coefficient (Wildman–Crippen LogP) is 4.54. The van der Waals surface area contributed by atoms with Gasteiger partial charge in [-0.25, -0.2) is 4.68 Å². The van der Waals surface area contributed by atoms with Crippen LogP contribution < -0.4 is 5.32 Å². The van der Waals surface area contributed by atoms with Crippen molar-refractivity contribution in [3.05, 3.63) is 82.5 Å². The first-order valence-corrected chi connectivity index (χ1v) is 10.3. The summed E-state index contributed by atoms with van der Waals surface area (Å²) in [6.45, 7) is 1.23. The number of fused-ring (bicyclic) bond motifs is 1. The Bertz CT molecular complexity index is 1020. The summed E-state index contributed by atoms with van der Waals surface area (Å²) >= 11 is 6.12. The van der Waals surface area contributed by atoms with Crippen LogP contribution >= 0.6 is 11.6 Å². The van der Waals surface area contributed by atoms with Gasteiger partial charge in [-0.2, -0.15) is 5.10 Å². The zero-order chi connectivity index (χ0) is 19.8. The summed E-state index contributed by atoms with van der Waals surface area (Å²) in [5.41, 5.74) is 3.12. The molecule has 0 unspecified atom stereocenters. The largest absolute Gasteiger partial charge is 0.373 e. The minimum atomic E-state index is -0.221. The molecule has 2 aromatic carbocycles. The van der Waals surface area contributed by atoms with Crippen LogP contribution in [-0.2, 0) is 28.1 Å². The third-order valence-corrected chi connectivity index (χ3v) is 6.22. The van der Waals surface area contributed by atoms with Gasteiger partial charge in [-0.3, -0.25) is 4.79 Å². The maximum absolute atomic E-state index is 11.8. The number of hydrogen-bond donors (Lipinski definition) is 1. The Hall–Kier alpha value is -2.63. The molecule has 2 aliphatic rings. The lowest BCUT2D eigenvalue weighted by Gasteiger charge is -2.47. The number of benzene rings is 2. The second-order valence-electron chi connectivity index (χ2n) is 7.85. The van der Waals surface area contributed by atoms with Crippen molar-refractivity contribution in [2.75, 3.05) is 5.32 Å². The fourth-order valence-corrected chi connectivity index (χ4v) is 4.45. The normalized spacial score (nSPS) is 23.2. The van der Waals surface area contributed by atoms with Crippen LogP contribution in [0.4, 0.5) is 5.82 Å². The third kappa shape index (κ3) is 3.45. The van der Waals surface area contributed by atoms with E-state index in [2.05, 4.69) is 29.6 Å². The highest BCUT2D eigenvalue weighted by molar-refractivity contribution is 6.30. The third-order valence-electron chi connectivity index (χ3n) is 5.97. The molecule has 5 nitrogen and oxygen atoms in total. The molecule has 1 aliphatic carbocycles. The van der Waals surface area contributed by atoms with Gasteiger partial charge >= 0.3 is 0 Å². The lowest BCUT2D eigenvalue weighted by atomic mass is 9.61. The van der Waals surface area contributed by atoms with Crippen LogP contribution in [0.25, 0.3) is 0 Å². The SMILES string of the molecule is O=C1CCn2nc(C3(c4ccc(Cl)cc4)CC(OCc4ccccc4)C3)cc2N1. The number of rotatable bonds is 5. The highest BCUT2D eigenvalue weighted by Gasteiger charge is 2.49. The van der Waals surface area contributed by atoms with E-state index in [9.17, 15) is 4.79 Å². The second kappa shape index (κ2) is 7.32. The van der Waals surface area contributed by atoms with E-state index < -0.39 is 0 Å². The monoisotopic (exact) mass is 407 g/mol. The van der Waals surface area contributed by atoms with Gasteiger partial charge in [0.15, 0.2) is 0 Å². The number of nitrogens with one attached hydrogen (secondary N) is 1. The zero-order valence-electron chi connectivity index (χ0n) is 16.0. The molecule has 1 aliphatic heterocycles. The van der Waals surface area contributed by atoms with Crippen LogP contribution in [0, 0.1) is 0 Å². The molecule has 0 bridgehead atoms. The van der Waals surface area contributed by atoms with E-state index >= 15 is 0 Å². The van der Waals surface area contributed by atoms with Gasteiger partial charge in [-0.05, 0) is 36.1 Å². The minimum Gasteiger partial charge on any atom is -0.373 e. The van der Waals surface area contributed by atoms with E-state index in [-0.39, 0.29) is 17.4 Å². The quantitative estimate of drug-likeness (QED) is 0.675. The van der Waals surface area contributed by atoms with E-state index in [0.29, 0.717) is 19.6 Å². The first-order valence-electron chi connectivity index (χ1n) is 9.92. The number of amides is 1. The average molecular weight is 408 g/mol. The van der Waals surface area contributed by atoms with Crippen LogP contribution in [0.2, 0.25) is 5.02 Å². The Morgan fingerprint density at radius 3 is 2.66 bits per heavy atom. The molecular formula is C23H22ClN3O2. The second-order valence-corrected chi connectivity index (χ2v) is 8.29. The van der Waals surface area contributed by atoms with E-state index in [1.54, 1.807) is 0 Å². The first kappa shape index (κ1) is 18.4. The van der Waals surface area contributed by atoms with Gasteiger partial charge in [-0.15, -0.1) is 0 Å². The maximum atomic E-state index is 11.8. The van der Waals surface area contributed by atoms with Gasteiger partial charge in [0.25, 0.3) is 0 Å². The highest BCUT2D eigenvalue weighted by Crippen LogP contribution is 2.50. The fourth-order valence-electron chi connectivity index (χ4n) is 4.32. The first-order chi connectivity index (χ1) is 14.1. The van der Waals surface area contributed by atoms with Crippen molar-refractivity contribution in [2.24, 2.45) is 0 Å². The zero-order valence-corrected chi connectivity index (χ0v) is 16.7. The fraction of sp³-hybridized carbons (Fsp3) is 0.304. The molecule has 2 heterocycles. The molecule has 5 rings (SSSR count). The molecule has 6 heteroatoms. The predicted molar refractivity (Wildman–Crippen MR) is 112 cm³/mol. The Morgan fingerprint density at radius 1 is 1.14 bits per heavy atom. The number of ether oxygens (including phenoxy) is 1. The molecule has 3 aromatic rings. The van der Waals surface area contributed by atoms with Gasteiger partial charge < -0.3 is 10.1 Å². The van der Waals surface area contributed by atoms with E-state index in [1.165, 1.54) is 11.1 Å². The van der Waals surface area contributed by atoms with Crippen molar-refractivity contribution in [3.8, 4) is 0 Å². The Labute approximate surface area is 174 Å². The summed E-state index contributed by atoms with van der Waals surface area (Å²) < 4.78 is 8.07. The van der Waals surface area contributed by atoms with Crippen molar-refractivity contribution in [1.82, 2.24) is 9.78 Å². The van der Waals surface area contributed by atoms with Crippen molar-refractivity contribution in [1.29, 1.82) is 0 Å². The van der Waals surface area contributed by atoms with E-state index in [0.717, 1.165) is 29.4 Å². The molecule has 1 N–H and O–H groups in total. The molecule has 148 valence electrons. The van der Waals surface area contributed by atoms with E-state index in [1.807, 2.05) is 41.1 Å². The number of aromatic nitrogens is 2. The Morgan fingerprint density at radius 2 is 1.90 bits per heavy atom.